The molecule has 0 aliphatic heterocycles. The van der Waals surface area contributed by atoms with Crippen molar-refractivity contribution in [2.75, 3.05) is 19.8 Å². The van der Waals surface area contributed by atoms with Crippen molar-refractivity contribution in [1.29, 1.82) is 0 Å². The number of halogens is 1. The van der Waals surface area contributed by atoms with Crippen LogP contribution in [0.5, 0.6) is 0 Å². The van der Waals surface area contributed by atoms with Gasteiger partial charge in [-0.1, -0.05) is 0 Å². The third-order valence-electron chi connectivity index (χ3n) is 1.76. The van der Waals surface area contributed by atoms with Gasteiger partial charge in [0.1, 0.15) is 12.4 Å². The van der Waals surface area contributed by atoms with E-state index >= 15 is 0 Å². The number of hydrogen-bond donors (Lipinski definition) is 2. The highest BCUT2D eigenvalue weighted by atomic mass is 79.9. The zero-order chi connectivity index (χ0) is 13.4. The summed E-state index contributed by atoms with van der Waals surface area (Å²) >= 11 is 3.14. The number of hydrogen-bond acceptors (Lipinski definition) is 4. The summed E-state index contributed by atoms with van der Waals surface area (Å²) in [5.41, 5.74) is 0. The molecule has 98 valence electrons. The van der Waals surface area contributed by atoms with Crippen molar-refractivity contribution < 1.29 is 23.8 Å². The maximum absolute atomic E-state index is 11.3. The van der Waals surface area contributed by atoms with Gasteiger partial charge in [-0.15, -0.1) is 0 Å². The molecule has 0 aromatic carbocycles. The molecule has 0 unspecified atom stereocenters. The van der Waals surface area contributed by atoms with Gasteiger partial charge in [0, 0.05) is 12.6 Å². The lowest BCUT2D eigenvalue weighted by Crippen LogP contribution is -2.26. The monoisotopic (exact) mass is 317 g/mol. The standard InChI is InChI=1S/C11H12BrNO5/c12-9-3-1-8(18-9)2-4-10(14)13-5-6-17-7-11(15)16/h1-4H,5-7H2,(H,13,14)(H,15,16). The van der Waals surface area contributed by atoms with E-state index in [0.29, 0.717) is 10.4 Å². The highest BCUT2D eigenvalue weighted by Crippen LogP contribution is 2.14. The van der Waals surface area contributed by atoms with Crippen molar-refractivity contribution in [3.63, 3.8) is 0 Å². The van der Waals surface area contributed by atoms with Crippen molar-refractivity contribution in [3.8, 4) is 0 Å². The number of amides is 1. The zero-order valence-corrected chi connectivity index (χ0v) is 11.0. The third kappa shape index (κ3) is 6.21. The Bertz CT molecular complexity index is 440. The Kier molecular flexibility index (Phi) is 6.16. The molecule has 1 rings (SSSR count). The first kappa shape index (κ1) is 14.5. The lowest BCUT2D eigenvalue weighted by Gasteiger charge is -2.01. The molecule has 6 nitrogen and oxygen atoms in total. The van der Waals surface area contributed by atoms with E-state index in [1.54, 1.807) is 12.1 Å². The molecule has 0 saturated carbocycles. The minimum Gasteiger partial charge on any atom is -0.480 e. The molecule has 1 aromatic heterocycles. The molecule has 18 heavy (non-hydrogen) atoms. The lowest BCUT2D eigenvalue weighted by atomic mass is 10.4. The highest BCUT2D eigenvalue weighted by Gasteiger charge is 1.99. The van der Waals surface area contributed by atoms with E-state index in [1.165, 1.54) is 12.2 Å². The number of aliphatic carboxylic acids is 1. The fraction of sp³-hybridized carbons (Fsp3) is 0.273. The number of carboxylic acid groups (broad SMARTS) is 1. The Morgan fingerprint density at radius 1 is 1.50 bits per heavy atom. The number of rotatable bonds is 7. The second-order valence-corrected chi connectivity index (χ2v) is 3.99. The number of carboxylic acids is 1. The zero-order valence-electron chi connectivity index (χ0n) is 9.39. The summed E-state index contributed by atoms with van der Waals surface area (Å²) in [5, 5.41) is 10.8. The smallest absolute Gasteiger partial charge is 0.329 e. The summed E-state index contributed by atoms with van der Waals surface area (Å²) in [6.45, 7) is 0.0304. The molecule has 2 N–H and O–H groups in total. The Balaban J connectivity index is 2.17. The van der Waals surface area contributed by atoms with Gasteiger partial charge in [0.2, 0.25) is 5.91 Å². The number of carbonyl (C=O) groups excluding carboxylic acids is 1. The molecule has 1 amide bonds. The molecule has 0 radical (unpaired) electrons. The van der Waals surface area contributed by atoms with Crippen LogP contribution in [0.3, 0.4) is 0 Å². The second kappa shape index (κ2) is 7.67. The Labute approximate surface area is 112 Å². The van der Waals surface area contributed by atoms with Crippen LogP contribution in [-0.4, -0.2) is 36.7 Å². The van der Waals surface area contributed by atoms with Gasteiger partial charge in [-0.2, -0.15) is 0 Å². The Hall–Kier alpha value is -1.60. The van der Waals surface area contributed by atoms with E-state index < -0.39 is 5.97 Å². The van der Waals surface area contributed by atoms with E-state index in [-0.39, 0.29) is 25.7 Å². The molecule has 0 bridgehead atoms. The maximum atomic E-state index is 11.3. The van der Waals surface area contributed by atoms with E-state index in [1.807, 2.05) is 0 Å². The Morgan fingerprint density at radius 3 is 2.89 bits per heavy atom. The first-order valence-electron chi connectivity index (χ1n) is 5.08. The van der Waals surface area contributed by atoms with Crippen LogP contribution in [-0.2, 0) is 14.3 Å². The maximum Gasteiger partial charge on any atom is 0.329 e. The minimum atomic E-state index is -1.04. The minimum absolute atomic E-state index is 0.151. The van der Waals surface area contributed by atoms with Crippen molar-refractivity contribution >= 4 is 33.9 Å². The molecular formula is C11H12BrNO5. The fourth-order valence-electron chi connectivity index (χ4n) is 1.04. The fourth-order valence-corrected chi connectivity index (χ4v) is 1.36. The van der Waals surface area contributed by atoms with Crippen LogP contribution in [0.4, 0.5) is 0 Å². The number of nitrogens with one attached hydrogen (secondary N) is 1. The average Bonchev–Trinajstić information content (AvgIpc) is 2.71. The molecule has 0 aliphatic rings. The van der Waals surface area contributed by atoms with Gasteiger partial charge in [0.25, 0.3) is 0 Å². The van der Waals surface area contributed by atoms with E-state index in [4.69, 9.17) is 14.3 Å². The predicted molar refractivity (Wildman–Crippen MR) is 66.9 cm³/mol. The SMILES string of the molecule is O=C(O)COCCNC(=O)C=Cc1ccc(Br)o1. The second-order valence-electron chi connectivity index (χ2n) is 3.21. The molecule has 0 saturated heterocycles. The van der Waals surface area contributed by atoms with E-state index in [0.717, 1.165) is 0 Å². The van der Waals surface area contributed by atoms with Gasteiger partial charge >= 0.3 is 5.97 Å². The lowest BCUT2D eigenvalue weighted by molar-refractivity contribution is -0.142. The van der Waals surface area contributed by atoms with Crippen LogP contribution >= 0.6 is 15.9 Å². The van der Waals surface area contributed by atoms with Crippen LogP contribution in [0.15, 0.2) is 27.3 Å². The summed E-state index contributed by atoms with van der Waals surface area (Å²) < 4.78 is 10.5. The van der Waals surface area contributed by atoms with Gasteiger partial charge in [-0.25, -0.2) is 4.79 Å². The summed E-state index contributed by atoms with van der Waals surface area (Å²) in [5.74, 6) is -0.787. The van der Waals surface area contributed by atoms with Crippen LogP contribution in [0, 0.1) is 0 Å². The summed E-state index contributed by atoms with van der Waals surface area (Å²) in [7, 11) is 0. The number of carbonyl (C=O) groups is 2. The van der Waals surface area contributed by atoms with Gasteiger partial charge in [0.05, 0.1) is 6.61 Å². The Morgan fingerprint density at radius 2 is 2.28 bits per heavy atom. The summed E-state index contributed by atoms with van der Waals surface area (Å²) in [4.78, 5) is 21.4. The number of furan rings is 1. The summed E-state index contributed by atoms with van der Waals surface area (Å²) in [6.07, 6.45) is 2.85. The van der Waals surface area contributed by atoms with Gasteiger partial charge in [0.15, 0.2) is 4.67 Å². The molecule has 0 atom stereocenters. The molecule has 7 heteroatoms. The van der Waals surface area contributed by atoms with Crippen molar-refractivity contribution in [3.05, 3.63) is 28.6 Å². The van der Waals surface area contributed by atoms with Crippen molar-refractivity contribution in [2.24, 2.45) is 0 Å². The normalized spacial score (nSPS) is 10.7. The first-order chi connectivity index (χ1) is 8.58. The third-order valence-corrected chi connectivity index (χ3v) is 2.19. The van der Waals surface area contributed by atoms with Crippen molar-refractivity contribution in [2.45, 2.75) is 0 Å². The molecule has 0 spiro atoms. The average molecular weight is 318 g/mol. The van der Waals surface area contributed by atoms with E-state index in [9.17, 15) is 9.59 Å². The van der Waals surface area contributed by atoms with Gasteiger partial charge in [-0.3, -0.25) is 4.79 Å². The van der Waals surface area contributed by atoms with Gasteiger partial charge < -0.3 is 19.6 Å². The number of ether oxygens (including phenoxy) is 1. The molecule has 1 heterocycles. The van der Waals surface area contributed by atoms with Crippen LogP contribution in [0.2, 0.25) is 0 Å². The molecule has 0 aliphatic carbocycles. The quantitative estimate of drug-likeness (QED) is 0.584. The van der Waals surface area contributed by atoms with Crippen LogP contribution < -0.4 is 5.32 Å². The molecule has 1 aromatic rings. The molecule has 0 fully saturated rings. The van der Waals surface area contributed by atoms with E-state index in [2.05, 4.69) is 21.2 Å². The van der Waals surface area contributed by atoms with Gasteiger partial charge in [-0.05, 0) is 34.1 Å². The largest absolute Gasteiger partial charge is 0.480 e. The summed E-state index contributed by atoms with van der Waals surface area (Å²) in [6, 6.07) is 3.43. The van der Waals surface area contributed by atoms with Crippen molar-refractivity contribution in [1.82, 2.24) is 5.32 Å². The first-order valence-corrected chi connectivity index (χ1v) is 5.88. The predicted octanol–water partition coefficient (Wildman–Crippen LogP) is 1.27. The van der Waals surface area contributed by atoms with Crippen LogP contribution in [0.1, 0.15) is 5.76 Å². The topological polar surface area (TPSA) is 88.8 Å². The highest BCUT2D eigenvalue weighted by molar-refractivity contribution is 9.10. The van der Waals surface area contributed by atoms with Crippen LogP contribution in [0.25, 0.3) is 6.08 Å². The molecular weight excluding hydrogens is 306 g/mol.